The zero-order valence-corrected chi connectivity index (χ0v) is 12.0. The quantitative estimate of drug-likeness (QED) is 0.889. The molecule has 1 aromatic carbocycles. The van der Waals surface area contributed by atoms with Gasteiger partial charge in [-0.05, 0) is 37.8 Å². The summed E-state index contributed by atoms with van der Waals surface area (Å²) in [7, 11) is -3.20. The van der Waals surface area contributed by atoms with E-state index in [1.165, 1.54) is 0 Å². The molecular formula is C14H21NO3S. The molecule has 0 radical (unpaired) electrons. The molecule has 19 heavy (non-hydrogen) atoms. The first-order valence-electron chi connectivity index (χ1n) is 6.79. The number of para-hydroxylation sites is 1. The predicted octanol–water partition coefficient (Wildman–Crippen LogP) is 2.20. The molecule has 1 aliphatic carbocycles. The fourth-order valence-corrected chi connectivity index (χ4v) is 3.51. The van der Waals surface area contributed by atoms with Crippen LogP contribution in [0.5, 0.6) is 0 Å². The molecule has 0 heterocycles. The van der Waals surface area contributed by atoms with Gasteiger partial charge in [-0.1, -0.05) is 19.1 Å². The van der Waals surface area contributed by atoms with Gasteiger partial charge < -0.3 is 10.4 Å². The molecule has 1 saturated carbocycles. The zero-order chi connectivity index (χ0) is 13.9. The van der Waals surface area contributed by atoms with Crippen molar-refractivity contribution in [1.82, 2.24) is 0 Å². The Morgan fingerprint density at radius 2 is 1.84 bits per heavy atom. The van der Waals surface area contributed by atoms with Crippen LogP contribution in [0.25, 0.3) is 0 Å². The van der Waals surface area contributed by atoms with Gasteiger partial charge in [0.1, 0.15) is 0 Å². The SMILES string of the molecule is CCS(=O)(=O)c1ccccc1NC1CCC(O)CC1. The number of hydrogen-bond acceptors (Lipinski definition) is 4. The van der Waals surface area contributed by atoms with Gasteiger partial charge in [0.15, 0.2) is 9.84 Å². The van der Waals surface area contributed by atoms with Crippen molar-refractivity contribution in [3.05, 3.63) is 24.3 Å². The molecule has 0 spiro atoms. The van der Waals surface area contributed by atoms with E-state index in [9.17, 15) is 13.5 Å². The second kappa shape index (κ2) is 5.92. The van der Waals surface area contributed by atoms with Gasteiger partial charge in [0.2, 0.25) is 0 Å². The average Bonchev–Trinajstić information content (AvgIpc) is 2.42. The largest absolute Gasteiger partial charge is 0.393 e. The summed E-state index contributed by atoms with van der Waals surface area (Å²) in [6.07, 6.45) is 3.11. The fraction of sp³-hybridized carbons (Fsp3) is 0.571. The van der Waals surface area contributed by atoms with E-state index in [-0.39, 0.29) is 17.9 Å². The molecule has 0 saturated heterocycles. The summed E-state index contributed by atoms with van der Waals surface area (Å²) in [5.41, 5.74) is 0.686. The van der Waals surface area contributed by atoms with Crippen molar-refractivity contribution in [3.8, 4) is 0 Å². The van der Waals surface area contributed by atoms with Gasteiger partial charge in [-0.25, -0.2) is 8.42 Å². The maximum absolute atomic E-state index is 12.0. The number of benzene rings is 1. The molecular weight excluding hydrogens is 262 g/mol. The highest BCUT2D eigenvalue weighted by atomic mass is 32.2. The van der Waals surface area contributed by atoms with Crippen LogP contribution in [0.15, 0.2) is 29.2 Å². The first kappa shape index (κ1) is 14.3. The average molecular weight is 283 g/mol. The minimum atomic E-state index is -3.20. The maximum atomic E-state index is 12.0. The van der Waals surface area contributed by atoms with Gasteiger partial charge in [-0.2, -0.15) is 0 Å². The molecule has 1 aliphatic rings. The molecule has 1 aromatic rings. The van der Waals surface area contributed by atoms with Crippen molar-refractivity contribution in [1.29, 1.82) is 0 Å². The highest BCUT2D eigenvalue weighted by molar-refractivity contribution is 7.91. The van der Waals surface area contributed by atoms with E-state index in [4.69, 9.17) is 0 Å². The normalized spacial score (nSPS) is 24.1. The number of rotatable bonds is 4. The van der Waals surface area contributed by atoms with Crippen LogP contribution >= 0.6 is 0 Å². The maximum Gasteiger partial charge on any atom is 0.180 e. The highest BCUT2D eigenvalue weighted by Gasteiger charge is 2.22. The van der Waals surface area contributed by atoms with Crippen LogP contribution in [0.4, 0.5) is 5.69 Å². The topological polar surface area (TPSA) is 66.4 Å². The van der Waals surface area contributed by atoms with Crippen LogP contribution in [0, 0.1) is 0 Å². The molecule has 0 aliphatic heterocycles. The van der Waals surface area contributed by atoms with Crippen molar-refractivity contribution in [2.75, 3.05) is 11.1 Å². The number of hydrogen-bond donors (Lipinski definition) is 2. The van der Waals surface area contributed by atoms with E-state index in [1.54, 1.807) is 19.1 Å². The summed E-state index contributed by atoms with van der Waals surface area (Å²) in [6, 6.07) is 7.30. The summed E-state index contributed by atoms with van der Waals surface area (Å²) in [5.74, 6) is 0.106. The Labute approximate surface area is 114 Å². The van der Waals surface area contributed by atoms with E-state index in [0.29, 0.717) is 10.6 Å². The van der Waals surface area contributed by atoms with Crippen molar-refractivity contribution >= 4 is 15.5 Å². The lowest BCUT2D eigenvalue weighted by Crippen LogP contribution is -2.28. The number of anilines is 1. The summed E-state index contributed by atoms with van der Waals surface area (Å²) >= 11 is 0. The van der Waals surface area contributed by atoms with Crippen LogP contribution in [0.1, 0.15) is 32.6 Å². The first-order chi connectivity index (χ1) is 9.03. The van der Waals surface area contributed by atoms with Gasteiger partial charge in [0.25, 0.3) is 0 Å². The van der Waals surface area contributed by atoms with Gasteiger partial charge in [-0.15, -0.1) is 0 Å². The van der Waals surface area contributed by atoms with Crippen molar-refractivity contribution < 1.29 is 13.5 Å². The van der Waals surface area contributed by atoms with Gasteiger partial charge in [0, 0.05) is 6.04 Å². The monoisotopic (exact) mass is 283 g/mol. The van der Waals surface area contributed by atoms with Crippen LogP contribution in [-0.4, -0.2) is 31.4 Å². The Bertz CT molecular complexity index is 519. The van der Waals surface area contributed by atoms with E-state index < -0.39 is 9.84 Å². The molecule has 2 rings (SSSR count). The lowest BCUT2D eigenvalue weighted by atomic mass is 9.93. The molecule has 106 valence electrons. The Morgan fingerprint density at radius 3 is 2.47 bits per heavy atom. The smallest absolute Gasteiger partial charge is 0.180 e. The van der Waals surface area contributed by atoms with E-state index in [0.717, 1.165) is 25.7 Å². The van der Waals surface area contributed by atoms with Crippen LogP contribution in [0.3, 0.4) is 0 Å². The molecule has 1 fully saturated rings. The second-order valence-electron chi connectivity index (χ2n) is 5.05. The summed E-state index contributed by atoms with van der Waals surface area (Å²) in [4.78, 5) is 0.378. The molecule has 2 N–H and O–H groups in total. The zero-order valence-electron chi connectivity index (χ0n) is 11.2. The molecule has 0 bridgehead atoms. The third kappa shape index (κ3) is 3.48. The van der Waals surface area contributed by atoms with Gasteiger partial charge in [0.05, 0.1) is 22.4 Å². The first-order valence-corrected chi connectivity index (χ1v) is 8.44. The molecule has 0 atom stereocenters. The Morgan fingerprint density at radius 1 is 1.21 bits per heavy atom. The molecule has 5 heteroatoms. The summed E-state index contributed by atoms with van der Waals surface area (Å²) in [6.45, 7) is 1.66. The van der Waals surface area contributed by atoms with Crippen molar-refractivity contribution in [3.63, 3.8) is 0 Å². The molecule has 4 nitrogen and oxygen atoms in total. The fourth-order valence-electron chi connectivity index (χ4n) is 2.45. The standard InChI is InChI=1S/C14H21NO3S/c1-2-19(17,18)14-6-4-3-5-13(14)15-11-7-9-12(16)10-8-11/h3-6,11-12,15-16H,2,7-10H2,1H3. The van der Waals surface area contributed by atoms with Crippen molar-refractivity contribution in [2.24, 2.45) is 0 Å². The predicted molar refractivity (Wildman–Crippen MR) is 76.1 cm³/mol. The molecule has 0 aromatic heterocycles. The minimum absolute atomic E-state index is 0.106. The summed E-state index contributed by atoms with van der Waals surface area (Å²) in [5, 5.41) is 12.8. The van der Waals surface area contributed by atoms with E-state index >= 15 is 0 Å². The number of aliphatic hydroxyl groups is 1. The number of aliphatic hydroxyl groups excluding tert-OH is 1. The Hall–Kier alpha value is -1.07. The number of nitrogens with one attached hydrogen (secondary N) is 1. The molecule has 0 unspecified atom stereocenters. The third-order valence-electron chi connectivity index (χ3n) is 3.66. The Balaban J connectivity index is 2.17. The van der Waals surface area contributed by atoms with E-state index in [1.807, 2.05) is 12.1 Å². The molecule has 0 amide bonds. The van der Waals surface area contributed by atoms with Crippen LogP contribution < -0.4 is 5.32 Å². The van der Waals surface area contributed by atoms with Gasteiger partial charge >= 0.3 is 0 Å². The van der Waals surface area contributed by atoms with Gasteiger partial charge in [-0.3, -0.25) is 0 Å². The van der Waals surface area contributed by atoms with Crippen molar-refractivity contribution in [2.45, 2.75) is 49.6 Å². The third-order valence-corrected chi connectivity index (χ3v) is 5.44. The lowest BCUT2D eigenvalue weighted by Gasteiger charge is -2.27. The Kier molecular flexibility index (Phi) is 4.47. The minimum Gasteiger partial charge on any atom is -0.393 e. The summed E-state index contributed by atoms with van der Waals surface area (Å²) < 4.78 is 24.1. The van der Waals surface area contributed by atoms with E-state index in [2.05, 4.69) is 5.32 Å². The lowest BCUT2D eigenvalue weighted by molar-refractivity contribution is 0.126. The second-order valence-corrected chi connectivity index (χ2v) is 7.30. The highest BCUT2D eigenvalue weighted by Crippen LogP contribution is 2.27. The van der Waals surface area contributed by atoms with Crippen LogP contribution in [0.2, 0.25) is 0 Å². The number of sulfone groups is 1. The van der Waals surface area contributed by atoms with Crippen LogP contribution in [-0.2, 0) is 9.84 Å².